The Hall–Kier alpha value is -2.71. The van der Waals surface area contributed by atoms with Crippen LogP contribution in [0.3, 0.4) is 0 Å². The second-order valence-corrected chi connectivity index (χ2v) is 7.36. The third-order valence-electron chi connectivity index (χ3n) is 3.33. The molecule has 0 aliphatic heterocycles. The largest absolute Gasteiger partial charge is 0.338 e. The number of nitrogens with zero attached hydrogens (tertiary/aromatic N) is 1. The number of pyridine rings is 1. The Balaban J connectivity index is 1.74. The summed E-state index contributed by atoms with van der Waals surface area (Å²) in [5, 5.41) is 3.11. The highest BCUT2D eigenvalue weighted by Gasteiger charge is 2.14. The van der Waals surface area contributed by atoms with E-state index in [1.165, 1.54) is 48.7 Å². The van der Waals surface area contributed by atoms with Crippen LogP contribution in [0.5, 0.6) is 0 Å². The van der Waals surface area contributed by atoms with Gasteiger partial charge in [0.2, 0.25) is 0 Å². The van der Waals surface area contributed by atoms with Crippen molar-refractivity contribution >= 4 is 38.8 Å². The average molecular weight is 396 g/mol. The van der Waals surface area contributed by atoms with Crippen molar-refractivity contribution in [2.45, 2.75) is 4.90 Å². The zero-order valence-electron chi connectivity index (χ0n) is 13.1. The van der Waals surface area contributed by atoms with E-state index in [2.05, 4.69) is 15.0 Å². The molecular weight excluding hydrogens is 384 g/mol. The maximum atomic E-state index is 13.6. The smallest absolute Gasteiger partial charge is 0.261 e. The van der Waals surface area contributed by atoms with Crippen molar-refractivity contribution < 1.29 is 17.2 Å². The molecule has 5 nitrogen and oxygen atoms in total. The Kier molecular flexibility index (Phi) is 5.06. The molecule has 0 amide bonds. The lowest BCUT2D eigenvalue weighted by Crippen LogP contribution is -2.13. The Morgan fingerprint density at radius 3 is 2.31 bits per heavy atom. The highest BCUT2D eigenvalue weighted by atomic mass is 35.5. The number of rotatable bonds is 5. The lowest BCUT2D eigenvalue weighted by Gasteiger charge is -2.10. The third-order valence-corrected chi connectivity index (χ3v) is 4.98. The van der Waals surface area contributed by atoms with Crippen LogP contribution in [0.15, 0.2) is 65.7 Å². The number of benzene rings is 2. The fourth-order valence-corrected chi connectivity index (χ4v) is 3.25. The van der Waals surface area contributed by atoms with E-state index in [0.29, 0.717) is 5.02 Å². The van der Waals surface area contributed by atoms with E-state index in [4.69, 9.17) is 11.6 Å². The van der Waals surface area contributed by atoms with E-state index < -0.39 is 21.7 Å². The summed E-state index contributed by atoms with van der Waals surface area (Å²) in [5.74, 6) is -1.18. The highest BCUT2D eigenvalue weighted by molar-refractivity contribution is 7.92. The van der Waals surface area contributed by atoms with E-state index in [0.717, 1.165) is 12.1 Å². The summed E-state index contributed by atoms with van der Waals surface area (Å²) in [5.41, 5.74) is 0.276. The van der Waals surface area contributed by atoms with Crippen LogP contribution in [0.1, 0.15) is 0 Å². The first-order valence-electron chi connectivity index (χ1n) is 7.30. The minimum Gasteiger partial charge on any atom is -0.338 e. The molecule has 0 radical (unpaired) electrons. The fraction of sp³-hybridized carbons (Fsp3) is 0. The SMILES string of the molecule is O=S(=O)(Nc1ccc(Nc2ccc(F)cc2F)nc1)c1ccc(Cl)cc1. The fourth-order valence-electron chi connectivity index (χ4n) is 2.08. The molecule has 134 valence electrons. The standard InChI is InChI=1S/C17H12ClF2N3O2S/c18-11-1-5-14(6-2-11)26(24,25)23-13-4-8-17(21-10-13)22-16-7-3-12(19)9-15(16)20/h1-10,23H,(H,21,22). The van der Waals surface area contributed by atoms with Gasteiger partial charge in [-0.15, -0.1) is 0 Å². The summed E-state index contributed by atoms with van der Waals surface area (Å²) in [6.07, 6.45) is 1.28. The Labute approximate surface area is 153 Å². The van der Waals surface area contributed by atoms with E-state index >= 15 is 0 Å². The molecule has 0 bridgehead atoms. The van der Waals surface area contributed by atoms with Crippen LogP contribution < -0.4 is 10.0 Å². The Morgan fingerprint density at radius 2 is 1.69 bits per heavy atom. The first-order valence-corrected chi connectivity index (χ1v) is 9.16. The zero-order valence-corrected chi connectivity index (χ0v) is 14.7. The number of aromatic nitrogens is 1. The summed E-state index contributed by atoms with van der Waals surface area (Å²) in [6, 6.07) is 11.7. The summed E-state index contributed by atoms with van der Waals surface area (Å²) < 4.78 is 53.5. The van der Waals surface area contributed by atoms with Crippen molar-refractivity contribution in [1.82, 2.24) is 4.98 Å². The van der Waals surface area contributed by atoms with Gasteiger partial charge in [-0.25, -0.2) is 22.2 Å². The van der Waals surface area contributed by atoms with Crippen LogP contribution in [-0.4, -0.2) is 13.4 Å². The molecule has 0 unspecified atom stereocenters. The number of nitrogens with one attached hydrogen (secondary N) is 2. The van der Waals surface area contributed by atoms with Gasteiger partial charge < -0.3 is 5.32 Å². The molecular formula is C17H12ClF2N3O2S. The van der Waals surface area contributed by atoms with Crippen molar-refractivity contribution in [2.24, 2.45) is 0 Å². The summed E-state index contributed by atoms with van der Waals surface area (Å²) >= 11 is 5.75. The second kappa shape index (κ2) is 7.27. The van der Waals surface area contributed by atoms with Crippen molar-refractivity contribution in [1.29, 1.82) is 0 Å². The lowest BCUT2D eigenvalue weighted by atomic mass is 10.3. The van der Waals surface area contributed by atoms with E-state index in [1.807, 2.05) is 0 Å². The lowest BCUT2D eigenvalue weighted by molar-refractivity contribution is 0.586. The van der Waals surface area contributed by atoms with Crippen LogP contribution in [0.25, 0.3) is 0 Å². The topological polar surface area (TPSA) is 71.1 Å². The molecule has 0 fully saturated rings. The first-order chi connectivity index (χ1) is 12.3. The quantitative estimate of drug-likeness (QED) is 0.664. The van der Waals surface area contributed by atoms with Crippen LogP contribution in [0.2, 0.25) is 5.02 Å². The molecule has 0 atom stereocenters. The number of sulfonamides is 1. The Bertz CT molecular complexity index is 1030. The predicted octanol–water partition coefficient (Wildman–Crippen LogP) is 4.56. The summed E-state index contributed by atoms with van der Waals surface area (Å²) in [4.78, 5) is 4.06. The molecule has 2 N–H and O–H groups in total. The molecule has 0 spiro atoms. The monoisotopic (exact) mass is 395 g/mol. The molecule has 3 aromatic rings. The first kappa shape index (κ1) is 18.1. The molecule has 0 aliphatic rings. The molecule has 1 heterocycles. The molecule has 26 heavy (non-hydrogen) atoms. The number of anilines is 3. The van der Waals surface area contributed by atoms with Gasteiger partial charge in [-0.3, -0.25) is 4.72 Å². The second-order valence-electron chi connectivity index (χ2n) is 5.24. The van der Waals surface area contributed by atoms with Crippen molar-refractivity contribution in [3.05, 3.63) is 77.5 Å². The molecule has 0 aliphatic carbocycles. The van der Waals surface area contributed by atoms with Gasteiger partial charge in [-0.2, -0.15) is 0 Å². The minimum atomic E-state index is -3.78. The number of hydrogen-bond acceptors (Lipinski definition) is 4. The average Bonchev–Trinajstić information content (AvgIpc) is 2.59. The highest BCUT2D eigenvalue weighted by Crippen LogP contribution is 2.22. The van der Waals surface area contributed by atoms with Crippen LogP contribution >= 0.6 is 11.6 Å². The van der Waals surface area contributed by atoms with Gasteiger partial charge in [-0.05, 0) is 48.5 Å². The van der Waals surface area contributed by atoms with Gasteiger partial charge in [-0.1, -0.05) is 11.6 Å². The Morgan fingerprint density at radius 1 is 0.962 bits per heavy atom. The van der Waals surface area contributed by atoms with E-state index in [9.17, 15) is 17.2 Å². The van der Waals surface area contributed by atoms with Gasteiger partial charge in [0.25, 0.3) is 10.0 Å². The van der Waals surface area contributed by atoms with Crippen molar-refractivity contribution in [2.75, 3.05) is 10.0 Å². The molecule has 1 aromatic heterocycles. The van der Waals surface area contributed by atoms with Gasteiger partial charge in [0, 0.05) is 11.1 Å². The van der Waals surface area contributed by atoms with Crippen molar-refractivity contribution in [3.63, 3.8) is 0 Å². The van der Waals surface area contributed by atoms with Crippen LogP contribution in [0, 0.1) is 11.6 Å². The molecule has 9 heteroatoms. The molecule has 3 rings (SSSR count). The van der Waals surface area contributed by atoms with Crippen molar-refractivity contribution in [3.8, 4) is 0 Å². The number of halogens is 3. The normalized spacial score (nSPS) is 11.2. The van der Waals surface area contributed by atoms with Gasteiger partial charge in [0.1, 0.15) is 17.5 Å². The van der Waals surface area contributed by atoms with E-state index in [1.54, 1.807) is 0 Å². The maximum Gasteiger partial charge on any atom is 0.261 e. The molecule has 0 saturated heterocycles. The third kappa shape index (κ3) is 4.27. The minimum absolute atomic E-state index is 0.0494. The van der Waals surface area contributed by atoms with Gasteiger partial charge in [0.15, 0.2) is 0 Å². The molecule has 2 aromatic carbocycles. The van der Waals surface area contributed by atoms with E-state index in [-0.39, 0.29) is 22.1 Å². The summed E-state index contributed by atoms with van der Waals surface area (Å²) in [6.45, 7) is 0. The molecule has 0 saturated carbocycles. The van der Waals surface area contributed by atoms with Gasteiger partial charge in [0.05, 0.1) is 22.5 Å². The van der Waals surface area contributed by atoms with Gasteiger partial charge >= 0.3 is 0 Å². The maximum absolute atomic E-state index is 13.6. The van der Waals surface area contributed by atoms with Crippen LogP contribution in [-0.2, 0) is 10.0 Å². The zero-order chi connectivity index (χ0) is 18.7. The van der Waals surface area contributed by atoms with Crippen LogP contribution in [0.4, 0.5) is 26.0 Å². The summed E-state index contributed by atoms with van der Waals surface area (Å²) in [7, 11) is -3.78. The predicted molar refractivity (Wildman–Crippen MR) is 96.1 cm³/mol. The number of hydrogen-bond donors (Lipinski definition) is 2.